The second-order valence-corrected chi connectivity index (χ2v) is 4.84. The Hall–Kier alpha value is -2.50. The summed E-state index contributed by atoms with van der Waals surface area (Å²) in [4.78, 5) is 23.5. The Labute approximate surface area is 128 Å². The second-order valence-electron chi connectivity index (χ2n) is 4.84. The van der Waals surface area contributed by atoms with Crippen LogP contribution in [0.5, 0.6) is 0 Å². The van der Waals surface area contributed by atoms with Crippen LogP contribution in [0.15, 0.2) is 34.9 Å². The van der Waals surface area contributed by atoms with Crippen LogP contribution in [0.4, 0.5) is 4.39 Å². The van der Waals surface area contributed by atoms with Gasteiger partial charge in [-0.25, -0.2) is 9.40 Å². The lowest BCUT2D eigenvalue weighted by Crippen LogP contribution is -2.36. The first-order chi connectivity index (χ1) is 10.5. The number of esters is 1. The van der Waals surface area contributed by atoms with Crippen LogP contribution in [0.2, 0.25) is 0 Å². The summed E-state index contributed by atoms with van der Waals surface area (Å²) in [5.41, 5.74) is 2.18. The zero-order chi connectivity index (χ0) is 16.1. The van der Waals surface area contributed by atoms with Gasteiger partial charge in [-0.2, -0.15) is 5.10 Å². The van der Waals surface area contributed by atoms with Crippen LogP contribution >= 0.6 is 0 Å². The van der Waals surface area contributed by atoms with Gasteiger partial charge in [-0.05, 0) is 43.2 Å². The number of hydrazone groups is 1. The highest BCUT2D eigenvalue weighted by atomic mass is 19.1. The molecule has 1 amide bonds. The molecule has 0 radical (unpaired) electrons. The molecule has 1 aromatic carbocycles. The van der Waals surface area contributed by atoms with E-state index < -0.39 is 5.97 Å². The molecule has 0 bridgehead atoms. The van der Waals surface area contributed by atoms with Crippen molar-refractivity contribution in [2.45, 2.75) is 20.3 Å². The Bertz CT molecular complexity index is 635. The van der Waals surface area contributed by atoms with Gasteiger partial charge in [0.05, 0.1) is 18.7 Å². The molecule has 0 spiro atoms. The Morgan fingerprint density at radius 2 is 2.09 bits per heavy atom. The number of benzene rings is 1. The van der Waals surface area contributed by atoms with E-state index in [1.165, 1.54) is 12.1 Å². The van der Waals surface area contributed by atoms with E-state index in [1.807, 2.05) is 0 Å². The van der Waals surface area contributed by atoms with Crippen molar-refractivity contribution in [3.05, 3.63) is 41.2 Å². The van der Waals surface area contributed by atoms with Crippen molar-refractivity contribution in [2.24, 2.45) is 5.10 Å². The number of amides is 1. The zero-order valence-corrected chi connectivity index (χ0v) is 12.5. The van der Waals surface area contributed by atoms with Crippen molar-refractivity contribution < 1.29 is 18.7 Å². The fourth-order valence-corrected chi connectivity index (χ4v) is 2.05. The van der Waals surface area contributed by atoms with E-state index >= 15 is 0 Å². The van der Waals surface area contributed by atoms with Crippen LogP contribution in [-0.4, -0.2) is 35.7 Å². The lowest BCUT2D eigenvalue weighted by Gasteiger charge is -2.23. The summed E-state index contributed by atoms with van der Waals surface area (Å²) in [5, 5.41) is 5.26. The van der Waals surface area contributed by atoms with Gasteiger partial charge in [-0.15, -0.1) is 0 Å². The number of carbonyl (C=O) groups excluding carboxylic acids is 2. The van der Waals surface area contributed by atoms with Crippen molar-refractivity contribution in [1.82, 2.24) is 5.01 Å². The van der Waals surface area contributed by atoms with E-state index in [2.05, 4.69) is 5.10 Å². The Balaban J connectivity index is 2.15. The maximum Gasteiger partial charge on any atom is 0.327 e. The maximum atomic E-state index is 12.9. The molecule has 22 heavy (non-hydrogen) atoms. The Kier molecular flexibility index (Phi) is 5.04. The van der Waals surface area contributed by atoms with Crippen LogP contribution < -0.4 is 0 Å². The van der Waals surface area contributed by atoms with Gasteiger partial charge in [-0.3, -0.25) is 9.59 Å². The number of halogens is 1. The molecule has 1 aliphatic rings. The Morgan fingerprint density at radius 3 is 2.73 bits per heavy atom. The normalized spacial score (nSPS) is 16.7. The molecule has 0 saturated carbocycles. The topological polar surface area (TPSA) is 59.0 Å². The van der Waals surface area contributed by atoms with Crippen LogP contribution in [-0.2, 0) is 14.3 Å². The molecule has 0 unspecified atom stereocenters. The molecule has 0 N–H and O–H groups in total. The summed E-state index contributed by atoms with van der Waals surface area (Å²) in [6.07, 6.45) is 1.93. The quantitative estimate of drug-likeness (QED) is 0.802. The van der Waals surface area contributed by atoms with Crippen molar-refractivity contribution in [3.63, 3.8) is 0 Å². The fourth-order valence-electron chi connectivity index (χ4n) is 2.05. The number of ether oxygens (including phenoxy) is 1. The van der Waals surface area contributed by atoms with Gasteiger partial charge >= 0.3 is 5.97 Å². The van der Waals surface area contributed by atoms with Gasteiger partial charge in [0.1, 0.15) is 12.4 Å². The second kappa shape index (κ2) is 6.98. The smallest absolute Gasteiger partial charge is 0.327 e. The predicted molar refractivity (Wildman–Crippen MR) is 80.4 cm³/mol. The highest BCUT2D eigenvalue weighted by molar-refractivity contribution is 6.08. The molecule has 0 aromatic heterocycles. The van der Waals surface area contributed by atoms with E-state index in [0.717, 1.165) is 16.1 Å². The minimum Gasteiger partial charge on any atom is -0.465 e. The molecule has 0 atom stereocenters. The third-order valence-electron chi connectivity index (χ3n) is 3.16. The van der Waals surface area contributed by atoms with Crippen LogP contribution in [0, 0.1) is 5.82 Å². The van der Waals surface area contributed by atoms with Gasteiger partial charge in [0, 0.05) is 0 Å². The first kappa shape index (κ1) is 15.9. The van der Waals surface area contributed by atoms with Crippen molar-refractivity contribution in [3.8, 4) is 0 Å². The summed E-state index contributed by atoms with van der Waals surface area (Å²) in [5.74, 6) is -1.07. The third kappa shape index (κ3) is 4.00. The van der Waals surface area contributed by atoms with Crippen LogP contribution in [0.3, 0.4) is 0 Å². The average molecular weight is 304 g/mol. The SMILES string of the molecule is CCOC(=O)CN1N=C(C)/C(=C/c2ccc(F)cc2)CC1=O. The molecule has 1 aromatic rings. The number of nitrogens with zero attached hydrogens (tertiary/aromatic N) is 2. The van der Waals surface area contributed by atoms with E-state index in [1.54, 1.807) is 32.1 Å². The summed E-state index contributed by atoms with van der Waals surface area (Å²) >= 11 is 0. The average Bonchev–Trinajstić information content (AvgIpc) is 2.47. The summed E-state index contributed by atoms with van der Waals surface area (Å²) in [7, 11) is 0. The largest absolute Gasteiger partial charge is 0.465 e. The van der Waals surface area contributed by atoms with Crippen molar-refractivity contribution in [2.75, 3.05) is 13.2 Å². The van der Waals surface area contributed by atoms with Gasteiger partial charge < -0.3 is 4.74 Å². The summed E-state index contributed by atoms with van der Waals surface area (Å²) in [6.45, 7) is 3.54. The molecule has 2 rings (SSSR count). The first-order valence-electron chi connectivity index (χ1n) is 6.97. The van der Waals surface area contributed by atoms with Gasteiger partial charge in [-0.1, -0.05) is 12.1 Å². The lowest BCUT2D eigenvalue weighted by atomic mass is 10.0. The van der Waals surface area contributed by atoms with Crippen LogP contribution in [0.1, 0.15) is 25.8 Å². The minimum absolute atomic E-state index is 0.145. The number of hydrogen-bond acceptors (Lipinski definition) is 4. The maximum absolute atomic E-state index is 12.9. The van der Waals surface area contributed by atoms with Crippen molar-refractivity contribution in [1.29, 1.82) is 0 Å². The molecule has 116 valence electrons. The van der Waals surface area contributed by atoms with Gasteiger partial charge in [0.25, 0.3) is 0 Å². The number of rotatable bonds is 4. The third-order valence-corrected chi connectivity index (χ3v) is 3.16. The molecular formula is C16H17FN2O3. The Morgan fingerprint density at radius 1 is 1.41 bits per heavy atom. The van der Waals surface area contributed by atoms with E-state index in [-0.39, 0.29) is 31.3 Å². The first-order valence-corrected chi connectivity index (χ1v) is 6.97. The standard InChI is InChI=1S/C16H17FN2O3/c1-3-22-16(21)10-19-15(20)9-13(11(2)18-19)8-12-4-6-14(17)7-5-12/h4-8H,3,9-10H2,1-2H3/b13-8+. The fraction of sp³-hybridized carbons (Fsp3) is 0.312. The van der Waals surface area contributed by atoms with E-state index in [0.29, 0.717) is 5.71 Å². The predicted octanol–water partition coefficient (Wildman–Crippen LogP) is 2.38. The molecule has 5 nitrogen and oxygen atoms in total. The highest BCUT2D eigenvalue weighted by Crippen LogP contribution is 2.19. The zero-order valence-electron chi connectivity index (χ0n) is 12.5. The van der Waals surface area contributed by atoms with Gasteiger partial charge in [0.2, 0.25) is 5.91 Å². The van der Waals surface area contributed by atoms with Gasteiger partial charge in [0.15, 0.2) is 0 Å². The van der Waals surface area contributed by atoms with Crippen LogP contribution in [0.25, 0.3) is 6.08 Å². The molecule has 0 aliphatic carbocycles. The molecule has 1 heterocycles. The monoisotopic (exact) mass is 304 g/mol. The van der Waals surface area contributed by atoms with E-state index in [4.69, 9.17) is 4.74 Å². The number of carbonyl (C=O) groups is 2. The molecule has 0 saturated heterocycles. The molecule has 0 fully saturated rings. The van der Waals surface area contributed by atoms with Crippen molar-refractivity contribution >= 4 is 23.7 Å². The molecule has 6 heteroatoms. The molecular weight excluding hydrogens is 287 g/mol. The lowest BCUT2D eigenvalue weighted by molar-refractivity contribution is -0.148. The molecule has 1 aliphatic heterocycles. The highest BCUT2D eigenvalue weighted by Gasteiger charge is 2.24. The summed E-state index contributed by atoms with van der Waals surface area (Å²) < 4.78 is 17.7. The number of hydrogen-bond donors (Lipinski definition) is 0. The van der Waals surface area contributed by atoms with E-state index in [9.17, 15) is 14.0 Å². The minimum atomic E-state index is -0.488. The summed E-state index contributed by atoms with van der Waals surface area (Å²) in [6, 6.07) is 5.98.